The average Bonchev–Trinajstić information content (AvgIpc) is 2.81. The molecule has 6 atom stereocenters. The van der Waals surface area contributed by atoms with Crippen molar-refractivity contribution in [2.24, 2.45) is 5.92 Å². The summed E-state index contributed by atoms with van der Waals surface area (Å²) < 4.78 is 49.6. The highest BCUT2D eigenvalue weighted by atomic mass is 31.0. The number of aromatic nitrogens is 2. The highest BCUT2D eigenvalue weighted by Crippen LogP contribution is 2.39. The fourth-order valence-corrected chi connectivity index (χ4v) is 4.29. The van der Waals surface area contributed by atoms with Crippen molar-refractivity contribution in [3.05, 3.63) is 71.7 Å². The predicted molar refractivity (Wildman–Crippen MR) is 124 cm³/mol. The van der Waals surface area contributed by atoms with Crippen molar-refractivity contribution in [2.75, 3.05) is 5.32 Å². The largest absolute Gasteiger partial charge is 0.390 e. The molecule has 1 fully saturated rings. The van der Waals surface area contributed by atoms with Crippen LogP contribution in [0.3, 0.4) is 0 Å². The van der Waals surface area contributed by atoms with Gasteiger partial charge in [-0.3, -0.25) is 9.78 Å². The Morgan fingerprint density at radius 1 is 1.15 bits per heavy atom. The monoisotopic (exact) mass is 489 g/mol. The third kappa shape index (κ3) is 4.56. The van der Waals surface area contributed by atoms with E-state index in [1.807, 2.05) is 0 Å². The number of halogens is 3. The van der Waals surface area contributed by atoms with Gasteiger partial charge in [0.05, 0.1) is 24.1 Å². The summed E-state index contributed by atoms with van der Waals surface area (Å²) in [4.78, 5) is 21.0. The van der Waals surface area contributed by atoms with E-state index in [4.69, 9.17) is 4.74 Å². The van der Waals surface area contributed by atoms with Crippen LogP contribution in [0.2, 0.25) is 0 Å². The van der Waals surface area contributed by atoms with E-state index in [0.29, 0.717) is 5.30 Å². The molecule has 0 saturated carbocycles. The lowest BCUT2D eigenvalue weighted by Gasteiger charge is -2.39. The smallest absolute Gasteiger partial charge is 0.274 e. The van der Waals surface area contributed by atoms with E-state index in [2.05, 4.69) is 24.5 Å². The van der Waals surface area contributed by atoms with Gasteiger partial charge < -0.3 is 15.2 Å². The van der Waals surface area contributed by atoms with Crippen molar-refractivity contribution in [1.82, 2.24) is 9.97 Å². The number of hydrogen-bond donors (Lipinski definition) is 2. The number of aliphatic hydroxyl groups is 1. The maximum atomic E-state index is 15.0. The zero-order valence-corrected chi connectivity index (χ0v) is 19.5. The standard InChI is InChI=1S/C24H23F3N3O3P/c1-11-12(2)33-23(20(27)22(11)31)13-8-9-28-10-17(13)30-24(32)16-7-6-15(26)21(29-16)19-14(25)4-3-5-18(19)34/h3-12,20,22-23,31H,34H2,1-2H3,(H,30,32)/t11-,12+,20+,22-,23-/m0/s1. The van der Waals surface area contributed by atoms with Gasteiger partial charge in [-0.2, -0.15) is 0 Å². The lowest BCUT2D eigenvalue weighted by atomic mass is 9.87. The quantitative estimate of drug-likeness (QED) is 0.542. The topological polar surface area (TPSA) is 84.3 Å². The number of amides is 1. The summed E-state index contributed by atoms with van der Waals surface area (Å²) in [5.41, 5.74) is -0.124. The Labute approximate surface area is 196 Å². The van der Waals surface area contributed by atoms with Crippen LogP contribution in [-0.2, 0) is 4.74 Å². The van der Waals surface area contributed by atoms with Gasteiger partial charge in [-0.15, -0.1) is 9.24 Å². The van der Waals surface area contributed by atoms with E-state index >= 15 is 0 Å². The molecule has 3 heterocycles. The summed E-state index contributed by atoms with van der Waals surface area (Å²) in [6, 6.07) is 7.91. The van der Waals surface area contributed by atoms with Crippen LogP contribution in [-0.4, -0.2) is 39.4 Å². The number of anilines is 1. The van der Waals surface area contributed by atoms with Crippen molar-refractivity contribution in [3.63, 3.8) is 0 Å². The molecule has 0 spiro atoms. The van der Waals surface area contributed by atoms with Crippen LogP contribution in [0.15, 0.2) is 48.8 Å². The number of carbonyl (C=O) groups excluding carboxylic acids is 1. The zero-order valence-electron chi connectivity index (χ0n) is 18.4. The number of nitrogens with zero attached hydrogens (tertiary/aromatic N) is 2. The maximum Gasteiger partial charge on any atom is 0.274 e. The highest BCUT2D eigenvalue weighted by Gasteiger charge is 2.43. The van der Waals surface area contributed by atoms with Crippen LogP contribution in [0.1, 0.15) is 36.0 Å². The first-order valence-electron chi connectivity index (χ1n) is 10.6. The minimum atomic E-state index is -1.72. The molecule has 178 valence electrons. The summed E-state index contributed by atoms with van der Waals surface area (Å²) in [7, 11) is 2.31. The fourth-order valence-electron chi connectivity index (χ4n) is 3.90. The maximum absolute atomic E-state index is 15.0. The van der Waals surface area contributed by atoms with Crippen LogP contribution in [0.4, 0.5) is 18.9 Å². The van der Waals surface area contributed by atoms with Crippen LogP contribution in [0.25, 0.3) is 11.3 Å². The molecule has 10 heteroatoms. The molecule has 0 radical (unpaired) electrons. The zero-order chi connectivity index (χ0) is 24.6. The number of nitrogens with one attached hydrogen (secondary N) is 1. The van der Waals surface area contributed by atoms with E-state index in [0.717, 1.165) is 12.1 Å². The van der Waals surface area contributed by atoms with Gasteiger partial charge >= 0.3 is 0 Å². The molecule has 1 aromatic carbocycles. The number of rotatable bonds is 4. The van der Waals surface area contributed by atoms with Gasteiger partial charge in [-0.25, -0.2) is 18.2 Å². The van der Waals surface area contributed by atoms with E-state index < -0.39 is 47.9 Å². The van der Waals surface area contributed by atoms with Gasteiger partial charge in [0.15, 0.2) is 6.17 Å². The molecule has 3 aromatic rings. The molecule has 4 rings (SSSR count). The summed E-state index contributed by atoms with van der Waals surface area (Å²) in [6.07, 6.45) is -1.78. The summed E-state index contributed by atoms with van der Waals surface area (Å²) in [5.74, 6) is -2.62. The van der Waals surface area contributed by atoms with E-state index in [9.17, 15) is 23.1 Å². The summed E-state index contributed by atoms with van der Waals surface area (Å²) >= 11 is 0. The van der Waals surface area contributed by atoms with Crippen molar-refractivity contribution in [1.29, 1.82) is 0 Å². The van der Waals surface area contributed by atoms with Crippen molar-refractivity contribution < 1.29 is 27.8 Å². The second-order valence-corrected chi connectivity index (χ2v) is 8.83. The van der Waals surface area contributed by atoms with Gasteiger partial charge in [-0.05, 0) is 36.5 Å². The number of ether oxygens (including phenoxy) is 1. The first kappa shape index (κ1) is 24.3. The normalized spacial score (nSPS) is 24.6. The van der Waals surface area contributed by atoms with Crippen LogP contribution in [0.5, 0.6) is 0 Å². The van der Waals surface area contributed by atoms with Gasteiger partial charge in [0.25, 0.3) is 5.91 Å². The molecule has 1 amide bonds. The molecule has 1 unspecified atom stereocenters. The number of benzene rings is 1. The number of pyridine rings is 2. The molecule has 0 aliphatic carbocycles. The van der Waals surface area contributed by atoms with Gasteiger partial charge in [0, 0.05) is 23.2 Å². The Morgan fingerprint density at radius 3 is 2.65 bits per heavy atom. The Morgan fingerprint density at radius 2 is 1.91 bits per heavy atom. The molecular weight excluding hydrogens is 466 g/mol. The molecule has 6 nitrogen and oxygen atoms in total. The van der Waals surface area contributed by atoms with Gasteiger partial charge in [0.1, 0.15) is 29.1 Å². The van der Waals surface area contributed by atoms with E-state index in [-0.39, 0.29) is 28.2 Å². The minimum absolute atomic E-state index is 0.0744. The first-order valence-corrected chi connectivity index (χ1v) is 11.2. The number of carbonyl (C=O) groups is 1. The molecule has 2 aromatic heterocycles. The second kappa shape index (κ2) is 9.78. The third-order valence-corrected chi connectivity index (χ3v) is 6.51. The second-order valence-electron chi connectivity index (χ2n) is 8.20. The summed E-state index contributed by atoms with van der Waals surface area (Å²) in [5, 5.41) is 13.3. The van der Waals surface area contributed by atoms with Crippen LogP contribution >= 0.6 is 9.24 Å². The first-order chi connectivity index (χ1) is 16.2. The number of alkyl halides is 1. The van der Waals surface area contributed by atoms with Gasteiger partial charge in [0.2, 0.25) is 0 Å². The van der Waals surface area contributed by atoms with Gasteiger partial charge in [-0.1, -0.05) is 19.1 Å². The lowest BCUT2D eigenvalue weighted by molar-refractivity contribution is -0.170. The Hall–Kier alpha value is -2.87. The fraction of sp³-hybridized carbons (Fsp3) is 0.292. The molecule has 0 bridgehead atoms. The lowest BCUT2D eigenvalue weighted by Crippen LogP contribution is -2.46. The molecule has 2 N–H and O–H groups in total. The Kier molecular flexibility index (Phi) is 6.98. The van der Waals surface area contributed by atoms with E-state index in [1.54, 1.807) is 19.9 Å². The highest BCUT2D eigenvalue weighted by molar-refractivity contribution is 7.28. The van der Waals surface area contributed by atoms with Crippen molar-refractivity contribution in [3.8, 4) is 11.3 Å². The average molecular weight is 489 g/mol. The Bertz CT molecular complexity index is 1210. The molecule has 34 heavy (non-hydrogen) atoms. The Balaban J connectivity index is 1.65. The predicted octanol–water partition coefficient (Wildman–Crippen LogP) is 3.97. The van der Waals surface area contributed by atoms with Crippen LogP contribution < -0.4 is 10.6 Å². The number of aliphatic hydroxyl groups excluding tert-OH is 1. The van der Waals surface area contributed by atoms with Crippen LogP contribution in [0, 0.1) is 17.6 Å². The van der Waals surface area contributed by atoms with Crippen molar-refractivity contribution in [2.45, 2.75) is 38.3 Å². The SMILES string of the molecule is C[C@@H]1[C@H](O)[C@@H](F)[C@H](c2ccncc2NC(=O)c2ccc(F)c(-c3c(F)cccc3P)n2)O[C@@H]1C. The molecule has 1 aliphatic heterocycles. The minimum Gasteiger partial charge on any atom is -0.390 e. The molecule has 1 aliphatic rings. The number of hydrogen-bond acceptors (Lipinski definition) is 5. The summed E-state index contributed by atoms with van der Waals surface area (Å²) in [6.45, 7) is 3.43. The molecule has 1 saturated heterocycles. The van der Waals surface area contributed by atoms with E-state index in [1.165, 1.54) is 30.6 Å². The molecular formula is C24H23F3N3O3P. The third-order valence-electron chi connectivity index (χ3n) is 6.03. The van der Waals surface area contributed by atoms with Crippen molar-refractivity contribution >= 4 is 26.1 Å².